The van der Waals surface area contributed by atoms with Gasteiger partial charge in [-0.3, -0.25) is 19.1 Å². The van der Waals surface area contributed by atoms with E-state index < -0.39 is 62.2 Å². The van der Waals surface area contributed by atoms with Crippen molar-refractivity contribution in [2.45, 2.75) is 43.2 Å². The van der Waals surface area contributed by atoms with Gasteiger partial charge in [-0.15, -0.1) is 4.52 Å². The molecule has 0 saturated carbocycles. The molecule has 0 bridgehead atoms. The highest BCUT2D eigenvalue weighted by Gasteiger charge is 2.58. The van der Waals surface area contributed by atoms with E-state index in [2.05, 4.69) is 10.0 Å². The summed E-state index contributed by atoms with van der Waals surface area (Å²) in [6, 6.07) is 29.8. The molecule has 16 nitrogen and oxygen atoms in total. The number of fused-ring (bicyclic) bond motifs is 1. The second-order valence-electron chi connectivity index (χ2n) is 11.7. The van der Waals surface area contributed by atoms with Crippen molar-refractivity contribution in [1.82, 2.24) is 14.4 Å². The largest absolute Gasteiger partial charge is 0.653 e. The van der Waals surface area contributed by atoms with E-state index in [9.17, 15) is 34.7 Å². The average molecular weight is 728 g/mol. The first-order valence-electron chi connectivity index (χ1n) is 15.9. The van der Waals surface area contributed by atoms with Crippen LogP contribution in [-0.2, 0) is 36.4 Å². The average Bonchev–Trinajstić information content (AvgIpc) is 3.40. The molecule has 6 atom stereocenters. The molecule has 1 aromatic heterocycles. The van der Waals surface area contributed by atoms with Crippen LogP contribution in [0.25, 0.3) is 21.2 Å². The number of carbonyl (C=O) groups excluding carboxylic acids is 1. The first-order valence-corrected chi connectivity index (χ1v) is 17.0. The molecule has 0 aliphatic carbocycles. The van der Waals surface area contributed by atoms with Gasteiger partial charge in [0, 0.05) is 29.0 Å². The minimum absolute atomic E-state index is 0.0554. The van der Waals surface area contributed by atoms with Gasteiger partial charge < -0.3 is 24.5 Å². The number of esters is 1. The number of nitrogens with zero attached hydrogens (tertiary/aromatic N) is 5. The SMILES string of the molecule is [N-]=[N+]=N[C@]1(CO[P+](=O)N(Oc2cccc3ccccc23)C(Cc2ccccc2)C(=O)OCc2ccccc2)O[C@@H](n2ccc(=O)[nH]c2=O)[C@H](O)[C@@H]1O. The molecule has 5 aromatic rings. The summed E-state index contributed by atoms with van der Waals surface area (Å²) in [6.45, 7) is -1.06. The first-order chi connectivity index (χ1) is 25.2. The summed E-state index contributed by atoms with van der Waals surface area (Å²) < 4.78 is 32.2. The number of hydrogen-bond donors (Lipinski definition) is 3. The molecule has 0 radical (unpaired) electrons. The summed E-state index contributed by atoms with van der Waals surface area (Å²) >= 11 is 0. The third-order valence-corrected chi connectivity index (χ3v) is 9.29. The number of aromatic nitrogens is 2. The Bertz CT molecular complexity index is 2210. The van der Waals surface area contributed by atoms with E-state index >= 15 is 0 Å². The maximum absolute atomic E-state index is 14.3. The van der Waals surface area contributed by atoms with Crippen LogP contribution in [0.5, 0.6) is 5.75 Å². The van der Waals surface area contributed by atoms with Crippen LogP contribution in [0.2, 0.25) is 0 Å². The molecule has 6 rings (SSSR count). The summed E-state index contributed by atoms with van der Waals surface area (Å²) in [7, 11) is -3.24. The normalized spacial score (nSPS) is 20.6. The summed E-state index contributed by atoms with van der Waals surface area (Å²) in [5.74, 6) is -0.594. The Morgan fingerprint density at radius 2 is 1.65 bits per heavy atom. The van der Waals surface area contributed by atoms with E-state index in [0.29, 0.717) is 16.5 Å². The quantitative estimate of drug-likeness (QED) is 0.0366. The lowest BCUT2D eigenvalue weighted by Gasteiger charge is -2.25. The highest BCUT2D eigenvalue weighted by atomic mass is 31.1. The maximum Gasteiger partial charge on any atom is 0.653 e. The van der Waals surface area contributed by atoms with Crippen molar-refractivity contribution in [2.24, 2.45) is 5.11 Å². The summed E-state index contributed by atoms with van der Waals surface area (Å²) in [4.78, 5) is 49.9. The van der Waals surface area contributed by atoms with E-state index in [1.54, 1.807) is 78.9 Å². The van der Waals surface area contributed by atoms with Crippen LogP contribution in [0.15, 0.2) is 130 Å². The number of rotatable bonds is 14. The van der Waals surface area contributed by atoms with Gasteiger partial charge in [-0.2, -0.15) is 0 Å². The fourth-order valence-corrected chi connectivity index (χ4v) is 6.60. The Morgan fingerprint density at radius 1 is 0.981 bits per heavy atom. The number of ether oxygens (including phenoxy) is 2. The fourth-order valence-electron chi connectivity index (χ4n) is 5.63. The molecule has 2 unspecified atom stereocenters. The van der Waals surface area contributed by atoms with Gasteiger partial charge >= 0.3 is 19.8 Å². The third kappa shape index (κ3) is 7.94. The molecular formula is C35H32N6O10P+. The van der Waals surface area contributed by atoms with E-state index in [0.717, 1.165) is 27.1 Å². The molecule has 1 aliphatic rings. The topological polar surface area (TPSA) is 218 Å². The molecule has 4 aromatic carbocycles. The molecule has 0 spiro atoms. The number of aliphatic hydroxyl groups is 2. The van der Waals surface area contributed by atoms with Crippen LogP contribution in [0.4, 0.5) is 0 Å². The molecule has 3 N–H and O–H groups in total. The van der Waals surface area contributed by atoms with Gasteiger partial charge in [0.05, 0.1) is 0 Å². The fraction of sp³-hybridized carbons (Fsp3) is 0.229. The Morgan fingerprint density at radius 3 is 2.37 bits per heavy atom. The standard InChI is InChI=1S/C35H31N6O10P/c36-39-38-35(31(44)30(43)32(50-35)40-19-18-29(42)37-34(40)46)22-49-52(47)41(51-28-17-9-15-25-14-7-8-16-26(25)28)27(20-23-10-3-1-4-11-23)33(45)48-21-24-12-5-2-6-13-24/h1-19,27,30-32,43-44H,20-22H2/p+1/t27?,30-,31+,32-,35-/m1/s1. The van der Waals surface area contributed by atoms with Crippen molar-refractivity contribution in [3.8, 4) is 5.75 Å². The van der Waals surface area contributed by atoms with Crippen molar-refractivity contribution in [1.29, 1.82) is 0 Å². The smallest absolute Gasteiger partial charge is 0.459 e. The zero-order valence-corrected chi connectivity index (χ0v) is 28.1. The monoisotopic (exact) mass is 727 g/mol. The Kier molecular flexibility index (Phi) is 11.2. The first kappa shape index (κ1) is 36.1. The zero-order valence-electron chi connectivity index (χ0n) is 27.2. The molecule has 2 heterocycles. The van der Waals surface area contributed by atoms with E-state index in [1.807, 2.05) is 29.2 Å². The van der Waals surface area contributed by atoms with Gasteiger partial charge in [0.15, 0.2) is 18.0 Å². The van der Waals surface area contributed by atoms with Crippen molar-refractivity contribution in [2.75, 3.05) is 6.61 Å². The second kappa shape index (κ2) is 16.1. The van der Waals surface area contributed by atoms with Crippen molar-refractivity contribution in [3.05, 3.63) is 158 Å². The van der Waals surface area contributed by atoms with E-state index in [4.69, 9.17) is 18.8 Å². The predicted molar refractivity (Wildman–Crippen MR) is 185 cm³/mol. The summed E-state index contributed by atoms with van der Waals surface area (Å²) in [5.41, 5.74) is 6.65. The van der Waals surface area contributed by atoms with Gasteiger partial charge in [0.1, 0.15) is 30.3 Å². The van der Waals surface area contributed by atoms with Gasteiger partial charge in [-0.1, -0.05) is 102 Å². The maximum atomic E-state index is 14.3. The lowest BCUT2D eigenvalue weighted by molar-refractivity contribution is -0.158. The molecule has 0 amide bonds. The number of hydrogen-bond acceptors (Lipinski definition) is 11. The lowest BCUT2D eigenvalue weighted by atomic mass is 10.1. The number of H-pyrrole nitrogens is 1. The van der Waals surface area contributed by atoms with Crippen LogP contribution in [0, 0.1) is 0 Å². The van der Waals surface area contributed by atoms with E-state index in [1.165, 1.54) is 0 Å². The number of azide groups is 1. The summed E-state index contributed by atoms with van der Waals surface area (Å²) in [6.07, 6.45) is -4.59. The number of aromatic amines is 1. The molecule has 52 heavy (non-hydrogen) atoms. The number of carbonyl (C=O) groups is 1. The van der Waals surface area contributed by atoms with Gasteiger partial charge in [0.2, 0.25) is 5.72 Å². The Balaban J connectivity index is 1.35. The second-order valence-corrected chi connectivity index (χ2v) is 12.8. The van der Waals surface area contributed by atoms with Gasteiger partial charge in [-0.05, 0) is 32.7 Å². The molecule has 1 saturated heterocycles. The third-order valence-electron chi connectivity index (χ3n) is 8.26. The Labute approximate surface area is 295 Å². The Hall–Kier alpha value is -5.70. The molecule has 266 valence electrons. The number of benzene rings is 4. The van der Waals surface area contributed by atoms with Crippen LogP contribution in [0.3, 0.4) is 0 Å². The minimum Gasteiger partial charge on any atom is -0.459 e. The number of aliphatic hydroxyl groups excluding tert-OH is 2. The van der Waals surface area contributed by atoms with Crippen LogP contribution < -0.4 is 16.1 Å². The zero-order chi connectivity index (χ0) is 36.7. The van der Waals surface area contributed by atoms with E-state index in [-0.39, 0.29) is 18.8 Å². The van der Waals surface area contributed by atoms with Crippen molar-refractivity contribution < 1.29 is 38.4 Å². The van der Waals surface area contributed by atoms with Crippen molar-refractivity contribution in [3.63, 3.8) is 0 Å². The lowest BCUT2D eigenvalue weighted by Crippen LogP contribution is -2.46. The summed E-state index contributed by atoms with van der Waals surface area (Å²) in [5, 5.41) is 26.9. The molecule has 17 heteroatoms. The molecular weight excluding hydrogens is 695 g/mol. The number of hydroxylamine groups is 1. The minimum atomic E-state index is -3.24. The number of nitrogens with one attached hydrogen (secondary N) is 1. The van der Waals surface area contributed by atoms with Gasteiger partial charge in [0.25, 0.3) is 5.56 Å². The highest BCUT2D eigenvalue weighted by molar-refractivity contribution is 7.36. The molecule has 1 aliphatic heterocycles. The molecule has 1 fully saturated rings. The van der Waals surface area contributed by atoms with Crippen LogP contribution in [0.1, 0.15) is 17.4 Å². The van der Waals surface area contributed by atoms with Crippen LogP contribution in [-0.4, -0.2) is 61.1 Å². The highest BCUT2D eigenvalue weighted by Crippen LogP contribution is 2.42. The predicted octanol–water partition coefficient (Wildman–Crippen LogP) is 4.27. The van der Waals surface area contributed by atoms with Gasteiger partial charge in [-0.25, -0.2) is 4.79 Å². The van der Waals surface area contributed by atoms with Crippen molar-refractivity contribution >= 4 is 24.9 Å². The van der Waals surface area contributed by atoms with Crippen LogP contribution >= 0.6 is 8.18 Å².